The molecule has 112 valence electrons. The molecule has 2 N–H and O–H groups in total. The quantitative estimate of drug-likeness (QED) is 0.851. The zero-order valence-corrected chi connectivity index (χ0v) is 13.8. The molecule has 0 atom stereocenters. The number of hydrogen-bond donors (Lipinski definition) is 2. The van der Waals surface area contributed by atoms with Crippen molar-refractivity contribution >= 4 is 33.2 Å². The molecule has 0 heterocycles. The number of para-hydroxylation sites is 1. The lowest BCUT2D eigenvalue weighted by Crippen LogP contribution is -2.22. The Bertz CT molecular complexity index is 722. The molecule has 0 bridgehead atoms. The summed E-state index contributed by atoms with van der Waals surface area (Å²) in [5, 5.41) is 14.8. The van der Waals surface area contributed by atoms with Crippen molar-refractivity contribution in [1.82, 2.24) is 0 Å². The van der Waals surface area contributed by atoms with Crippen LogP contribution in [0.4, 0.5) is 11.4 Å². The van der Waals surface area contributed by atoms with Crippen LogP contribution in [0.1, 0.15) is 18.1 Å². The van der Waals surface area contributed by atoms with Crippen LogP contribution < -0.4 is 10.6 Å². The summed E-state index contributed by atoms with van der Waals surface area (Å²) in [6.07, 6.45) is 0.866. The first-order valence-corrected chi connectivity index (χ1v) is 7.74. The van der Waals surface area contributed by atoms with E-state index in [9.17, 15) is 4.79 Å². The van der Waals surface area contributed by atoms with Crippen LogP contribution in [0, 0.1) is 11.3 Å². The summed E-state index contributed by atoms with van der Waals surface area (Å²) in [5.41, 5.74) is 3.29. The van der Waals surface area contributed by atoms with Crippen molar-refractivity contribution in [2.45, 2.75) is 13.3 Å². The van der Waals surface area contributed by atoms with Crippen molar-refractivity contribution in [2.75, 3.05) is 17.2 Å². The number of hydrogen-bond acceptors (Lipinski definition) is 3. The predicted octanol–water partition coefficient (Wildman–Crippen LogP) is 3.93. The van der Waals surface area contributed by atoms with E-state index in [0.29, 0.717) is 5.56 Å². The number of carbonyl (C=O) groups is 1. The Labute approximate surface area is 138 Å². The number of carbonyl (C=O) groups excluding carboxylic acids is 1. The number of aryl methyl sites for hydroxylation is 1. The monoisotopic (exact) mass is 357 g/mol. The Morgan fingerprint density at radius 3 is 2.68 bits per heavy atom. The number of amides is 1. The van der Waals surface area contributed by atoms with Gasteiger partial charge < -0.3 is 10.6 Å². The van der Waals surface area contributed by atoms with E-state index in [0.717, 1.165) is 27.8 Å². The second-order valence-electron chi connectivity index (χ2n) is 4.72. The second kappa shape index (κ2) is 7.62. The van der Waals surface area contributed by atoms with Crippen LogP contribution in [-0.2, 0) is 11.2 Å². The summed E-state index contributed by atoms with van der Waals surface area (Å²) < 4.78 is 0.758. The van der Waals surface area contributed by atoms with Gasteiger partial charge in [-0.2, -0.15) is 5.26 Å². The molecule has 0 spiro atoms. The lowest BCUT2D eigenvalue weighted by atomic mass is 10.1. The van der Waals surface area contributed by atoms with Gasteiger partial charge in [-0.15, -0.1) is 0 Å². The summed E-state index contributed by atoms with van der Waals surface area (Å²) in [5.74, 6) is -0.114. The number of nitrogens with one attached hydrogen (secondary N) is 2. The fourth-order valence-electron chi connectivity index (χ4n) is 2.05. The number of benzene rings is 2. The van der Waals surface area contributed by atoms with E-state index in [1.807, 2.05) is 24.3 Å². The summed E-state index contributed by atoms with van der Waals surface area (Å²) >= 11 is 3.38. The number of halogens is 1. The summed E-state index contributed by atoms with van der Waals surface area (Å²) in [6.45, 7) is 2.21. The molecular weight excluding hydrogens is 342 g/mol. The highest BCUT2D eigenvalue weighted by Crippen LogP contribution is 2.23. The Kier molecular flexibility index (Phi) is 5.56. The highest BCUT2D eigenvalue weighted by molar-refractivity contribution is 9.10. The molecule has 0 radical (unpaired) electrons. The molecule has 0 aliphatic carbocycles. The fourth-order valence-corrected chi connectivity index (χ4v) is 2.57. The van der Waals surface area contributed by atoms with Crippen molar-refractivity contribution in [1.29, 1.82) is 5.26 Å². The van der Waals surface area contributed by atoms with E-state index in [1.54, 1.807) is 18.2 Å². The van der Waals surface area contributed by atoms with E-state index in [1.165, 1.54) is 0 Å². The molecule has 4 nitrogen and oxygen atoms in total. The van der Waals surface area contributed by atoms with Gasteiger partial charge in [-0.1, -0.05) is 25.1 Å². The third-order valence-electron chi connectivity index (χ3n) is 3.21. The number of rotatable bonds is 5. The maximum absolute atomic E-state index is 12.0. The Morgan fingerprint density at radius 1 is 1.23 bits per heavy atom. The first-order valence-electron chi connectivity index (χ1n) is 6.95. The van der Waals surface area contributed by atoms with Gasteiger partial charge >= 0.3 is 0 Å². The molecule has 22 heavy (non-hydrogen) atoms. The molecule has 2 aromatic rings. The minimum atomic E-state index is -0.114. The molecule has 0 aliphatic rings. The van der Waals surface area contributed by atoms with E-state index < -0.39 is 0 Å². The van der Waals surface area contributed by atoms with Gasteiger partial charge in [-0.05, 0) is 52.2 Å². The summed E-state index contributed by atoms with van der Waals surface area (Å²) in [6, 6.07) is 15.0. The predicted molar refractivity (Wildman–Crippen MR) is 91.8 cm³/mol. The average Bonchev–Trinajstić information content (AvgIpc) is 2.54. The van der Waals surface area contributed by atoms with E-state index >= 15 is 0 Å². The highest BCUT2D eigenvalue weighted by atomic mass is 79.9. The molecule has 0 saturated carbocycles. The zero-order chi connectivity index (χ0) is 15.9. The Balaban J connectivity index is 1.97. The third-order valence-corrected chi connectivity index (χ3v) is 3.87. The largest absolute Gasteiger partial charge is 0.375 e. The van der Waals surface area contributed by atoms with Crippen LogP contribution in [0.3, 0.4) is 0 Å². The van der Waals surface area contributed by atoms with Gasteiger partial charge in [-0.25, -0.2) is 0 Å². The van der Waals surface area contributed by atoms with Gasteiger partial charge in [-0.3, -0.25) is 4.79 Å². The maximum Gasteiger partial charge on any atom is 0.243 e. The fraction of sp³-hybridized carbons (Fsp3) is 0.176. The lowest BCUT2D eigenvalue weighted by molar-refractivity contribution is -0.114. The summed E-state index contributed by atoms with van der Waals surface area (Å²) in [4.78, 5) is 12.0. The smallest absolute Gasteiger partial charge is 0.243 e. The zero-order valence-electron chi connectivity index (χ0n) is 12.2. The van der Waals surface area contributed by atoms with Crippen LogP contribution >= 0.6 is 15.9 Å². The van der Waals surface area contributed by atoms with Crippen LogP contribution in [0.15, 0.2) is 46.9 Å². The Morgan fingerprint density at radius 2 is 2.00 bits per heavy atom. The molecule has 2 rings (SSSR count). The second-order valence-corrected chi connectivity index (χ2v) is 5.57. The normalized spacial score (nSPS) is 9.86. The van der Waals surface area contributed by atoms with Crippen LogP contribution in [-0.4, -0.2) is 12.5 Å². The SMILES string of the molecule is CCc1ccccc1NC(=O)CNc1ccc(C#N)cc1Br. The van der Waals surface area contributed by atoms with Gasteiger partial charge in [0.2, 0.25) is 5.91 Å². The molecule has 2 aromatic carbocycles. The molecule has 0 fully saturated rings. The third kappa shape index (κ3) is 4.09. The maximum atomic E-state index is 12.0. The van der Waals surface area contributed by atoms with E-state index in [-0.39, 0.29) is 12.5 Å². The van der Waals surface area contributed by atoms with Gasteiger partial charge in [0.1, 0.15) is 0 Å². The first-order chi connectivity index (χ1) is 10.6. The molecule has 0 aromatic heterocycles. The Hall–Kier alpha value is -2.32. The van der Waals surface area contributed by atoms with Crippen molar-refractivity contribution in [3.8, 4) is 6.07 Å². The lowest BCUT2D eigenvalue weighted by Gasteiger charge is -2.11. The molecular formula is C17H16BrN3O. The van der Waals surface area contributed by atoms with Crippen LogP contribution in [0.25, 0.3) is 0 Å². The van der Waals surface area contributed by atoms with Crippen molar-refractivity contribution in [3.63, 3.8) is 0 Å². The average molecular weight is 358 g/mol. The molecule has 1 amide bonds. The minimum Gasteiger partial charge on any atom is -0.375 e. The van der Waals surface area contributed by atoms with Crippen LogP contribution in [0.5, 0.6) is 0 Å². The highest BCUT2D eigenvalue weighted by Gasteiger charge is 2.07. The van der Waals surface area contributed by atoms with Crippen LogP contribution in [0.2, 0.25) is 0 Å². The molecule has 0 unspecified atom stereocenters. The topological polar surface area (TPSA) is 64.9 Å². The summed E-state index contributed by atoms with van der Waals surface area (Å²) in [7, 11) is 0. The standard InChI is InChI=1S/C17H16BrN3O/c1-2-13-5-3-4-6-15(13)21-17(22)11-20-16-8-7-12(10-19)9-14(16)18/h3-9,20H,2,11H2,1H3,(H,21,22). The molecule has 0 saturated heterocycles. The number of anilines is 2. The first kappa shape index (κ1) is 16.1. The van der Waals surface area contributed by atoms with Crippen molar-refractivity contribution in [3.05, 3.63) is 58.1 Å². The van der Waals surface area contributed by atoms with E-state index in [2.05, 4.69) is 39.6 Å². The van der Waals surface area contributed by atoms with Gasteiger partial charge in [0, 0.05) is 15.8 Å². The van der Waals surface area contributed by atoms with Crippen molar-refractivity contribution < 1.29 is 4.79 Å². The number of nitriles is 1. The molecule has 0 aliphatic heterocycles. The van der Waals surface area contributed by atoms with Gasteiger partial charge in [0.15, 0.2) is 0 Å². The van der Waals surface area contributed by atoms with Crippen molar-refractivity contribution in [2.24, 2.45) is 0 Å². The molecule has 5 heteroatoms. The van der Waals surface area contributed by atoms with Gasteiger partial charge in [0.25, 0.3) is 0 Å². The number of nitrogens with zero attached hydrogens (tertiary/aromatic N) is 1. The van der Waals surface area contributed by atoms with E-state index in [4.69, 9.17) is 5.26 Å². The minimum absolute atomic E-state index is 0.114. The van der Waals surface area contributed by atoms with Gasteiger partial charge in [0.05, 0.1) is 18.2 Å².